The number of amides is 1. The summed E-state index contributed by atoms with van der Waals surface area (Å²) >= 11 is 0. The molecule has 82 valence electrons. The second kappa shape index (κ2) is 4.44. The minimum atomic E-state index is -0.876. The Morgan fingerprint density at radius 3 is 2.07 bits per heavy atom. The van der Waals surface area contributed by atoms with Gasteiger partial charge in [-0.05, 0) is 0 Å². The summed E-state index contributed by atoms with van der Waals surface area (Å²) in [6.07, 6.45) is 0. The standard InChI is InChI=1S/C10H19NO3/c1-7(8(12)13)6-11(5)9(14)10(2,3)4/h7H,6H2,1-5H3,(H,12,13). The lowest BCUT2D eigenvalue weighted by atomic mass is 9.94. The molecule has 0 aliphatic rings. The molecule has 0 fully saturated rings. The van der Waals surface area contributed by atoms with Crippen molar-refractivity contribution in [2.45, 2.75) is 27.7 Å². The summed E-state index contributed by atoms with van der Waals surface area (Å²) in [6.45, 7) is 7.30. The molecule has 1 atom stereocenters. The Balaban J connectivity index is 4.29. The molecule has 1 amide bonds. The van der Waals surface area contributed by atoms with Gasteiger partial charge in [-0.1, -0.05) is 27.7 Å². The molecule has 0 aromatic heterocycles. The van der Waals surface area contributed by atoms with Crippen LogP contribution < -0.4 is 0 Å². The summed E-state index contributed by atoms with van der Waals surface area (Å²) in [5.74, 6) is -1.43. The van der Waals surface area contributed by atoms with E-state index in [4.69, 9.17) is 5.11 Å². The summed E-state index contributed by atoms with van der Waals surface area (Å²) in [6, 6.07) is 0. The molecule has 0 saturated carbocycles. The Morgan fingerprint density at radius 2 is 1.79 bits per heavy atom. The van der Waals surface area contributed by atoms with Crippen LogP contribution in [0, 0.1) is 11.3 Å². The zero-order valence-corrected chi connectivity index (χ0v) is 9.50. The van der Waals surface area contributed by atoms with Crippen LogP contribution in [0.15, 0.2) is 0 Å². The first-order valence-electron chi connectivity index (χ1n) is 4.64. The van der Waals surface area contributed by atoms with Gasteiger partial charge in [-0.2, -0.15) is 0 Å². The third-order valence-corrected chi connectivity index (χ3v) is 1.96. The monoisotopic (exact) mass is 201 g/mol. The summed E-state index contributed by atoms with van der Waals surface area (Å²) in [5.41, 5.74) is -0.451. The highest BCUT2D eigenvalue weighted by Gasteiger charge is 2.26. The van der Waals surface area contributed by atoms with Gasteiger partial charge in [0.2, 0.25) is 5.91 Å². The third kappa shape index (κ3) is 3.77. The van der Waals surface area contributed by atoms with E-state index >= 15 is 0 Å². The van der Waals surface area contributed by atoms with Gasteiger partial charge in [0.1, 0.15) is 0 Å². The van der Waals surface area contributed by atoms with Crippen molar-refractivity contribution in [1.29, 1.82) is 0 Å². The molecule has 1 unspecified atom stereocenters. The Bertz CT molecular complexity index is 230. The van der Waals surface area contributed by atoms with E-state index in [0.717, 1.165) is 0 Å². The fraction of sp³-hybridized carbons (Fsp3) is 0.800. The second-order valence-corrected chi connectivity index (χ2v) is 4.67. The van der Waals surface area contributed by atoms with Crippen LogP contribution in [-0.2, 0) is 9.59 Å². The second-order valence-electron chi connectivity index (χ2n) is 4.67. The smallest absolute Gasteiger partial charge is 0.308 e. The lowest BCUT2D eigenvalue weighted by molar-refractivity contribution is -0.144. The van der Waals surface area contributed by atoms with E-state index in [9.17, 15) is 9.59 Å². The topological polar surface area (TPSA) is 57.6 Å². The van der Waals surface area contributed by atoms with Crippen molar-refractivity contribution < 1.29 is 14.7 Å². The molecule has 4 heteroatoms. The zero-order valence-electron chi connectivity index (χ0n) is 9.50. The van der Waals surface area contributed by atoms with Crippen molar-refractivity contribution in [3.63, 3.8) is 0 Å². The van der Waals surface area contributed by atoms with Crippen molar-refractivity contribution in [2.75, 3.05) is 13.6 Å². The number of carbonyl (C=O) groups excluding carboxylic acids is 1. The Morgan fingerprint density at radius 1 is 1.36 bits per heavy atom. The summed E-state index contributed by atoms with van der Waals surface area (Å²) < 4.78 is 0. The summed E-state index contributed by atoms with van der Waals surface area (Å²) in [7, 11) is 1.63. The van der Waals surface area contributed by atoms with E-state index in [0.29, 0.717) is 0 Å². The number of hydrogen-bond donors (Lipinski definition) is 1. The fourth-order valence-electron chi connectivity index (χ4n) is 1.14. The van der Waals surface area contributed by atoms with Gasteiger partial charge in [0, 0.05) is 19.0 Å². The summed E-state index contributed by atoms with van der Waals surface area (Å²) in [5, 5.41) is 8.68. The van der Waals surface area contributed by atoms with E-state index in [1.54, 1.807) is 14.0 Å². The van der Waals surface area contributed by atoms with Crippen LogP contribution >= 0.6 is 0 Å². The highest BCUT2D eigenvalue weighted by molar-refractivity contribution is 5.81. The van der Waals surface area contributed by atoms with E-state index in [1.165, 1.54) is 4.90 Å². The number of hydrogen-bond acceptors (Lipinski definition) is 2. The number of carboxylic acids is 1. The van der Waals surface area contributed by atoms with Crippen LogP contribution in [0.4, 0.5) is 0 Å². The molecule has 0 radical (unpaired) electrons. The number of carbonyl (C=O) groups is 2. The normalized spacial score (nSPS) is 13.5. The van der Waals surface area contributed by atoms with Gasteiger partial charge in [-0.25, -0.2) is 0 Å². The van der Waals surface area contributed by atoms with Crippen LogP contribution in [0.2, 0.25) is 0 Å². The number of nitrogens with zero attached hydrogens (tertiary/aromatic N) is 1. The van der Waals surface area contributed by atoms with Gasteiger partial charge in [0.15, 0.2) is 0 Å². The highest BCUT2D eigenvalue weighted by Crippen LogP contribution is 2.17. The quantitative estimate of drug-likeness (QED) is 0.746. The number of aliphatic carboxylic acids is 1. The molecule has 0 bridgehead atoms. The van der Waals surface area contributed by atoms with Crippen molar-refractivity contribution >= 4 is 11.9 Å². The fourth-order valence-corrected chi connectivity index (χ4v) is 1.14. The predicted molar refractivity (Wildman–Crippen MR) is 53.9 cm³/mol. The molecule has 0 aromatic rings. The number of carboxylic acid groups (broad SMARTS) is 1. The molecular formula is C10H19NO3. The van der Waals surface area contributed by atoms with Gasteiger partial charge < -0.3 is 10.0 Å². The van der Waals surface area contributed by atoms with Crippen molar-refractivity contribution in [2.24, 2.45) is 11.3 Å². The molecule has 0 heterocycles. The molecule has 14 heavy (non-hydrogen) atoms. The largest absolute Gasteiger partial charge is 0.481 e. The van der Waals surface area contributed by atoms with Crippen LogP contribution in [0.5, 0.6) is 0 Å². The number of rotatable bonds is 3. The maximum absolute atomic E-state index is 11.7. The van der Waals surface area contributed by atoms with Crippen LogP contribution in [-0.4, -0.2) is 35.5 Å². The average Bonchev–Trinajstić information content (AvgIpc) is 2.00. The molecule has 0 aromatic carbocycles. The molecule has 0 aliphatic heterocycles. The minimum absolute atomic E-state index is 0.0365. The van der Waals surface area contributed by atoms with E-state index in [2.05, 4.69) is 0 Å². The zero-order chi connectivity index (χ0) is 11.5. The first kappa shape index (κ1) is 12.9. The highest BCUT2D eigenvalue weighted by atomic mass is 16.4. The van der Waals surface area contributed by atoms with Gasteiger partial charge in [0.05, 0.1) is 5.92 Å². The Kier molecular flexibility index (Phi) is 4.10. The Labute approximate surface area is 84.9 Å². The van der Waals surface area contributed by atoms with Crippen LogP contribution in [0.25, 0.3) is 0 Å². The van der Waals surface area contributed by atoms with Crippen molar-refractivity contribution in [1.82, 2.24) is 4.90 Å². The predicted octanol–water partition coefficient (Wildman–Crippen LogP) is 1.21. The first-order valence-corrected chi connectivity index (χ1v) is 4.64. The van der Waals surface area contributed by atoms with Crippen LogP contribution in [0.1, 0.15) is 27.7 Å². The molecule has 0 rings (SSSR count). The molecule has 0 aliphatic carbocycles. The maximum atomic E-state index is 11.7. The lowest BCUT2D eigenvalue weighted by Gasteiger charge is -2.27. The third-order valence-electron chi connectivity index (χ3n) is 1.96. The van der Waals surface area contributed by atoms with Crippen molar-refractivity contribution in [3.05, 3.63) is 0 Å². The Hall–Kier alpha value is -1.06. The first-order chi connectivity index (χ1) is 6.16. The van der Waals surface area contributed by atoms with E-state index in [1.807, 2.05) is 20.8 Å². The summed E-state index contributed by atoms with van der Waals surface area (Å²) in [4.78, 5) is 23.7. The molecule has 4 nitrogen and oxygen atoms in total. The van der Waals surface area contributed by atoms with Gasteiger partial charge in [0.25, 0.3) is 0 Å². The molecule has 1 N–H and O–H groups in total. The lowest BCUT2D eigenvalue weighted by Crippen LogP contribution is -2.40. The maximum Gasteiger partial charge on any atom is 0.308 e. The average molecular weight is 201 g/mol. The minimum Gasteiger partial charge on any atom is -0.481 e. The van der Waals surface area contributed by atoms with Crippen LogP contribution in [0.3, 0.4) is 0 Å². The van der Waals surface area contributed by atoms with E-state index in [-0.39, 0.29) is 12.5 Å². The van der Waals surface area contributed by atoms with Crippen molar-refractivity contribution in [3.8, 4) is 0 Å². The van der Waals surface area contributed by atoms with E-state index < -0.39 is 17.3 Å². The molecular weight excluding hydrogens is 182 g/mol. The van der Waals surface area contributed by atoms with Gasteiger partial charge in [-0.3, -0.25) is 9.59 Å². The molecule has 0 saturated heterocycles. The van der Waals surface area contributed by atoms with Gasteiger partial charge >= 0.3 is 5.97 Å². The molecule has 0 spiro atoms. The van der Waals surface area contributed by atoms with Gasteiger partial charge in [-0.15, -0.1) is 0 Å². The SMILES string of the molecule is CC(CN(C)C(=O)C(C)(C)C)C(=O)O.